The lowest BCUT2D eigenvalue weighted by molar-refractivity contribution is -0.156. The normalized spacial score (nSPS) is 18.7. The first-order chi connectivity index (χ1) is 14.0. The molecule has 8 nitrogen and oxygen atoms in total. The lowest BCUT2D eigenvalue weighted by Crippen LogP contribution is -2.38. The molecule has 2 amide bonds. The Morgan fingerprint density at radius 3 is 2.55 bits per heavy atom. The third kappa shape index (κ3) is 6.19. The number of hydrogen-bond acceptors (Lipinski definition) is 6. The van der Waals surface area contributed by atoms with Crippen LogP contribution >= 0.6 is 0 Å². The highest BCUT2D eigenvalue weighted by Gasteiger charge is 2.23. The number of likely N-dealkylation sites (tertiary alicyclic amines) is 1. The fourth-order valence-corrected chi connectivity index (χ4v) is 3.47. The zero-order valence-electron chi connectivity index (χ0n) is 16.9. The minimum absolute atomic E-state index is 0.0306. The zero-order valence-corrected chi connectivity index (χ0v) is 16.9. The molecule has 0 aliphatic carbocycles. The van der Waals surface area contributed by atoms with Crippen LogP contribution < -0.4 is 10.2 Å². The summed E-state index contributed by atoms with van der Waals surface area (Å²) in [5, 5.41) is 2.76. The van der Waals surface area contributed by atoms with Gasteiger partial charge in [-0.2, -0.15) is 0 Å². The fourth-order valence-electron chi connectivity index (χ4n) is 3.47. The molecule has 0 aromatic heterocycles. The molecule has 1 N–H and O–H groups in total. The van der Waals surface area contributed by atoms with Crippen LogP contribution in [0.3, 0.4) is 0 Å². The Bertz CT molecular complexity index is 716. The monoisotopic (exact) mass is 403 g/mol. The van der Waals surface area contributed by atoms with E-state index in [1.54, 1.807) is 0 Å². The molecule has 0 spiro atoms. The maximum Gasteiger partial charge on any atom is 0.326 e. The van der Waals surface area contributed by atoms with Crippen molar-refractivity contribution in [3.8, 4) is 0 Å². The van der Waals surface area contributed by atoms with Gasteiger partial charge in [0.15, 0.2) is 6.10 Å². The van der Waals surface area contributed by atoms with Crippen LogP contribution in [0.25, 0.3) is 0 Å². The summed E-state index contributed by atoms with van der Waals surface area (Å²) in [5.41, 5.74) is 1.71. The van der Waals surface area contributed by atoms with Crippen LogP contribution in [0.4, 0.5) is 11.4 Å². The van der Waals surface area contributed by atoms with Crippen LogP contribution in [0, 0.1) is 0 Å². The number of nitrogens with zero attached hydrogens (tertiary/aromatic N) is 2. The van der Waals surface area contributed by atoms with Crippen molar-refractivity contribution < 1.29 is 23.9 Å². The van der Waals surface area contributed by atoms with E-state index in [1.165, 1.54) is 11.8 Å². The average Bonchev–Trinajstić information content (AvgIpc) is 2.93. The molecule has 29 heavy (non-hydrogen) atoms. The molecule has 0 saturated carbocycles. The van der Waals surface area contributed by atoms with E-state index in [4.69, 9.17) is 9.47 Å². The van der Waals surface area contributed by atoms with Crippen molar-refractivity contribution in [2.75, 3.05) is 49.6 Å². The van der Waals surface area contributed by atoms with Crippen LogP contribution in [0.5, 0.6) is 0 Å². The lowest BCUT2D eigenvalue weighted by atomic mass is 10.2. The molecule has 3 rings (SSSR count). The summed E-state index contributed by atoms with van der Waals surface area (Å²) in [5.74, 6) is -0.998. The van der Waals surface area contributed by atoms with Gasteiger partial charge < -0.3 is 24.6 Å². The van der Waals surface area contributed by atoms with E-state index in [2.05, 4.69) is 10.2 Å². The van der Waals surface area contributed by atoms with Gasteiger partial charge in [-0.1, -0.05) is 6.42 Å². The van der Waals surface area contributed by atoms with E-state index in [9.17, 15) is 14.4 Å². The van der Waals surface area contributed by atoms with Crippen molar-refractivity contribution >= 4 is 29.2 Å². The highest BCUT2D eigenvalue weighted by atomic mass is 16.5. The molecule has 1 aromatic carbocycles. The fraction of sp³-hybridized carbons (Fsp3) is 0.571. The van der Waals surface area contributed by atoms with Crippen molar-refractivity contribution in [1.82, 2.24) is 4.90 Å². The molecule has 0 bridgehead atoms. The minimum Gasteiger partial charge on any atom is -0.451 e. The Labute approximate surface area is 171 Å². The zero-order chi connectivity index (χ0) is 20.6. The summed E-state index contributed by atoms with van der Waals surface area (Å²) in [4.78, 5) is 40.2. The number of hydrogen-bond donors (Lipinski definition) is 1. The molecule has 2 fully saturated rings. The Hall–Kier alpha value is -2.61. The Morgan fingerprint density at radius 2 is 1.83 bits per heavy atom. The second kappa shape index (κ2) is 10.2. The largest absolute Gasteiger partial charge is 0.451 e. The van der Waals surface area contributed by atoms with Crippen molar-refractivity contribution in [3.05, 3.63) is 24.3 Å². The molecule has 2 heterocycles. The molecule has 2 aliphatic heterocycles. The van der Waals surface area contributed by atoms with Gasteiger partial charge in [0.1, 0.15) is 6.54 Å². The maximum absolute atomic E-state index is 12.4. The Balaban J connectivity index is 1.46. The standard InChI is InChI=1S/C21H29N3O5/c1-16(29-20(26)15-24-10-4-2-3-5-19(24)25)21(27)22-17-6-8-18(9-7-17)23-11-13-28-14-12-23/h6-9,16H,2-5,10-15H2,1H3,(H,22,27)/t16-/m0/s1. The molecule has 2 aliphatic rings. The van der Waals surface area contributed by atoms with E-state index < -0.39 is 18.0 Å². The number of ether oxygens (including phenoxy) is 2. The van der Waals surface area contributed by atoms with Crippen molar-refractivity contribution in [1.29, 1.82) is 0 Å². The minimum atomic E-state index is -0.941. The molecular weight excluding hydrogens is 374 g/mol. The van der Waals surface area contributed by atoms with Gasteiger partial charge in [-0.3, -0.25) is 14.4 Å². The van der Waals surface area contributed by atoms with Gasteiger partial charge in [-0.15, -0.1) is 0 Å². The number of benzene rings is 1. The summed E-state index contributed by atoms with van der Waals surface area (Å²) in [6, 6.07) is 7.55. The summed E-state index contributed by atoms with van der Waals surface area (Å²) >= 11 is 0. The van der Waals surface area contributed by atoms with Gasteiger partial charge in [0.25, 0.3) is 5.91 Å². The average molecular weight is 403 g/mol. The number of nitrogens with one attached hydrogen (secondary N) is 1. The van der Waals surface area contributed by atoms with Crippen molar-refractivity contribution in [2.24, 2.45) is 0 Å². The predicted molar refractivity (Wildman–Crippen MR) is 109 cm³/mol. The van der Waals surface area contributed by atoms with E-state index >= 15 is 0 Å². The van der Waals surface area contributed by atoms with Gasteiger partial charge in [0.2, 0.25) is 5.91 Å². The first-order valence-electron chi connectivity index (χ1n) is 10.2. The Kier molecular flexibility index (Phi) is 7.46. The Morgan fingerprint density at radius 1 is 1.10 bits per heavy atom. The number of amides is 2. The number of carbonyl (C=O) groups is 3. The van der Waals surface area contributed by atoms with Crippen molar-refractivity contribution in [2.45, 2.75) is 38.7 Å². The first-order valence-corrected chi connectivity index (χ1v) is 10.2. The summed E-state index contributed by atoms with van der Waals surface area (Å²) in [6.07, 6.45) is 2.25. The first kappa shape index (κ1) is 21.1. The van der Waals surface area contributed by atoms with Crippen LogP contribution in [-0.4, -0.2) is 68.2 Å². The van der Waals surface area contributed by atoms with Gasteiger partial charge in [-0.05, 0) is 44.0 Å². The van der Waals surface area contributed by atoms with Crippen LogP contribution in [0.2, 0.25) is 0 Å². The number of esters is 1. The van der Waals surface area contributed by atoms with Crippen LogP contribution in [0.15, 0.2) is 24.3 Å². The number of rotatable bonds is 6. The molecule has 2 saturated heterocycles. The molecule has 1 aromatic rings. The highest BCUT2D eigenvalue weighted by molar-refractivity contribution is 5.95. The number of carbonyl (C=O) groups excluding carboxylic acids is 3. The highest BCUT2D eigenvalue weighted by Crippen LogP contribution is 2.19. The van der Waals surface area contributed by atoms with Crippen LogP contribution in [0.1, 0.15) is 32.6 Å². The summed E-state index contributed by atoms with van der Waals surface area (Å²) in [7, 11) is 0. The third-order valence-electron chi connectivity index (χ3n) is 5.18. The smallest absolute Gasteiger partial charge is 0.326 e. The number of anilines is 2. The molecule has 0 unspecified atom stereocenters. The van der Waals surface area contributed by atoms with Gasteiger partial charge in [0.05, 0.1) is 13.2 Å². The molecule has 1 atom stereocenters. The SMILES string of the molecule is C[C@H](OC(=O)CN1CCCCCC1=O)C(=O)Nc1ccc(N2CCOCC2)cc1. The second-order valence-corrected chi connectivity index (χ2v) is 7.39. The van der Waals surface area contributed by atoms with Gasteiger partial charge in [0, 0.05) is 37.4 Å². The van der Waals surface area contributed by atoms with E-state index in [-0.39, 0.29) is 12.5 Å². The quantitative estimate of drug-likeness (QED) is 0.729. The second-order valence-electron chi connectivity index (χ2n) is 7.39. The van der Waals surface area contributed by atoms with Crippen molar-refractivity contribution in [3.63, 3.8) is 0 Å². The van der Waals surface area contributed by atoms with E-state index in [0.717, 1.165) is 38.0 Å². The number of morpholine rings is 1. The van der Waals surface area contributed by atoms with E-state index in [0.29, 0.717) is 31.9 Å². The summed E-state index contributed by atoms with van der Waals surface area (Å²) < 4.78 is 10.6. The molecule has 8 heteroatoms. The molecule has 0 radical (unpaired) electrons. The van der Waals surface area contributed by atoms with E-state index in [1.807, 2.05) is 24.3 Å². The lowest BCUT2D eigenvalue weighted by Gasteiger charge is -2.29. The predicted octanol–water partition coefficient (Wildman–Crippen LogP) is 1.80. The van der Waals surface area contributed by atoms with Crippen LogP contribution in [-0.2, 0) is 23.9 Å². The molecular formula is C21H29N3O5. The maximum atomic E-state index is 12.4. The van der Waals surface area contributed by atoms with Gasteiger partial charge >= 0.3 is 5.97 Å². The summed E-state index contributed by atoms with van der Waals surface area (Å²) in [6.45, 7) is 5.10. The molecule has 158 valence electrons. The third-order valence-corrected chi connectivity index (χ3v) is 5.18. The topological polar surface area (TPSA) is 88.2 Å². The van der Waals surface area contributed by atoms with Gasteiger partial charge in [-0.25, -0.2) is 0 Å².